The van der Waals surface area contributed by atoms with Crippen LogP contribution in [0.2, 0.25) is 0 Å². The molecule has 1 atom stereocenters. The van der Waals surface area contributed by atoms with E-state index in [-0.39, 0.29) is 6.54 Å². The van der Waals surface area contributed by atoms with Crippen LogP contribution in [0.5, 0.6) is 0 Å². The maximum atomic E-state index is 13.7. The van der Waals surface area contributed by atoms with E-state index in [2.05, 4.69) is 4.74 Å². The molecule has 0 aliphatic carbocycles. The number of nitrogens with zero attached hydrogens (tertiary/aromatic N) is 1. The van der Waals surface area contributed by atoms with E-state index in [1.54, 1.807) is 20.8 Å². The maximum Gasteiger partial charge on any atom is 0.410 e. The Morgan fingerprint density at radius 2 is 1.95 bits per heavy atom. The Kier molecular flexibility index (Phi) is 4.37. The molecule has 1 amide bonds. The number of carbonyl (C=O) groups is 2. The summed E-state index contributed by atoms with van der Waals surface area (Å²) in [6, 6.07) is -1.50. The highest BCUT2D eigenvalue weighted by molar-refractivity contribution is 5.73. The number of alkyl halides is 2. The molecule has 0 saturated carbocycles. The van der Waals surface area contributed by atoms with E-state index >= 15 is 0 Å². The molecule has 1 aliphatic heterocycles. The standard InChI is InChI=1S/C12H19F2NO4/c1-11(2,3)19-10(17)15-6-5-12(13,14)8(15)7-9(16)18-4/h8H,5-7H2,1-4H3. The molecule has 0 spiro atoms. The molecule has 0 bridgehead atoms. The number of amides is 1. The van der Waals surface area contributed by atoms with Crippen molar-refractivity contribution in [1.82, 2.24) is 4.90 Å². The first kappa shape index (κ1) is 15.7. The Labute approximate surface area is 110 Å². The Morgan fingerprint density at radius 3 is 2.42 bits per heavy atom. The van der Waals surface area contributed by atoms with E-state index in [9.17, 15) is 18.4 Å². The monoisotopic (exact) mass is 279 g/mol. The molecule has 0 aromatic heterocycles. The third-order valence-electron chi connectivity index (χ3n) is 2.77. The number of esters is 1. The Balaban J connectivity index is 2.81. The summed E-state index contributed by atoms with van der Waals surface area (Å²) in [4.78, 5) is 23.9. The first-order valence-electron chi connectivity index (χ1n) is 6.01. The lowest BCUT2D eigenvalue weighted by Crippen LogP contribution is -2.45. The van der Waals surface area contributed by atoms with Gasteiger partial charge in [-0.25, -0.2) is 13.6 Å². The highest BCUT2D eigenvalue weighted by Crippen LogP contribution is 2.36. The fraction of sp³-hybridized carbons (Fsp3) is 0.833. The van der Waals surface area contributed by atoms with Crippen molar-refractivity contribution in [3.63, 3.8) is 0 Å². The second kappa shape index (κ2) is 5.30. The molecule has 0 aromatic rings. The zero-order valence-electron chi connectivity index (χ0n) is 11.5. The minimum Gasteiger partial charge on any atom is -0.469 e. The van der Waals surface area contributed by atoms with Crippen LogP contribution in [0.15, 0.2) is 0 Å². The Hall–Kier alpha value is -1.40. The third kappa shape index (κ3) is 4.04. The van der Waals surface area contributed by atoms with E-state index in [1.165, 1.54) is 0 Å². The highest BCUT2D eigenvalue weighted by Gasteiger charge is 2.52. The molecule has 1 fully saturated rings. The zero-order chi connectivity index (χ0) is 14.8. The van der Waals surface area contributed by atoms with Gasteiger partial charge in [0.25, 0.3) is 5.92 Å². The van der Waals surface area contributed by atoms with Crippen molar-refractivity contribution < 1.29 is 27.8 Å². The molecule has 1 rings (SSSR count). The quantitative estimate of drug-likeness (QED) is 0.727. The molecule has 1 heterocycles. The average molecular weight is 279 g/mol. The lowest BCUT2D eigenvalue weighted by atomic mass is 10.1. The topological polar surface area (TPSA) is 55.8 Å². The number of methoxy groups -OCH3 is 1. The van der Waals surface area contributed by atoms with E-state index in [4.69, 9.17) is 4.74 Å². The highest BCUT2D eigenvalue weighted by atomic mass is 19.3. The van der Waals surface area contributed by atoms with Gasteiger partial charge in [0.2, 0.25) is 0 Å². The molecule has 0 radical (unpaired) electrons. The number of likely N-dealkylation sites (tertiary alicyclic amines) is 1. The molecule has 1 saturated heterocycles. The predicted octanol–water partition coefficient (Wildman–Crippen LogP) is 2.19. The molecule has 110 valence electrons. The van der Waals surface area contributed by atoms with Crippen LogP contribution in [0.4, 0.5) is 13.6 Å². The van der Waals surface area contributed by atoms with Crippen molar-refractivity contribution in [2.75, 3.05) is 13.7 Å². The lowest BCUT2D eigenvalue weighted by molar-refractivity contribution is -0.144. The van der Waals surface area contributed by atoms with Crippen LogP contribution in [-0.4, -0.2) is 48.2 Å². The van der Waals surface area contributed by atoms with Crippen molar-refractivity contribution in [2.24, 2.45) is 0 Å². The Bertz CT molecular complexity index is 365. The van der Waals surface area contributed by atoms with Crippen molar-refractivity contribution in [3.05, 3.63) is 0 Å². The van der Waals surface area contributed by atoms with Gasteiger partial charge in [-0.05, 0) is 20.8 Å². The van der Waals surface area contributed by atoms with E-state index < -0.39 is 42.5 Å². The minimum absolute atomic E-state index is 0.135. The van der Waals surface area contributed by atoms with E-state index in [0.717, 1.165) is 12.0 Å². The van der Waals surface area contributed by atoms with Gasteiger partial charge in [0, 0.05) is 13.0 Å². The van der Waals surface area contributed by atoms with Gasteiger partial charge in [-0.15, -0.1) is 0 Å². The van der Waals surface area contributed by atoms with Crippen LogP contribution in [0, 0.1) is 0 Å². The van der Waals surface area contributed by atoms with Crippen molar-refractivity contribution in [1.29, 1.82) is 0 Å². The number of hydrogen-bond donors (Lipinski definition) is 0. The molecular formula is C12H19F2NO4. The summed E-state index contributed by atoms with van der Waals surface area (Å²) < 4.78 is 36.8. The Morgan fingerprint density at radius 1 is 1.37 bits per heavy atom. The van der Waals surface area contributed by atoms with Crippen LogP contribution in [-0.2, 0) is 14.3 Å². The number of hydrogen-bond acceptors (Lipinski definition) is 4. The fourth-order valence-corrected chi connectivity index (χ4v) is 1.86. The average Bonchev–Trinajstić information content (AvgIpc) is 2.52. The van der Waals surface area contributed by atoms with Crippen molar-refractivity contribution in [3.8, 4) is 0 Å². The van der Waals surface area contributed by atoms with Crippen molar-refractivity contribution >= 4 is 12.1 Å². The lowest BCUT2D eigenvalue weighted by Gasteiger charge is -2.29. The van der Waals surface area contributed by atoms with Crippen LogP contribution in [0.1, 0.15) is 33.6 Å². The number of ether oxygens (including phenoxy) is 2. The number of halogens is 2. The maximum absolute atomic E-state index is 13.7. The summed E-state index contributed by atoms with van der Waals surface area (Å²) >= 11 is 0. The van der Waals surface area contributed by atoms with E-state index in [1.807, 2.05) is 0 Å². The second-order valence-corrected chi connectivity index (χ2v) is 5.48. The first-order valence-corrected chi connectivity index (χ1v) is 6.01. The number of carbonyl (C=O) groups excluding carboxylic acids is 2. The normalized spacial score (nSPS) is 22.2. The molecule has 1 aliphatic rings. The fourth-order valence-electron chi connectivity index (χ4n) is 1.86. The molecule has 19 heavy (non-hydrogen) atoms. The third-order valence-corrected chi connectivity index (χ3v) is 2.77. The van der Waals surface area contributed by atoms with Crippen LogP contribution < -0.4 is 0 Å². The SMILES string of the molecule is COC(=O)CC1N(C(=O)OC(C)(C)C)CCC1(F)F. The number of rotatable bonds is 2. The first-order chi connectivity index (χ1) is 8.57. The van der Waals surface area contributed by atoms with Gasteiger partial charge in [0.15, 0.2) is 0 Å². The molecule has 5 nitrogen and oxygen atoms in total. The van der Waals surface area contributed by atoms with Gasteiger partial charge in [0.05, 0.1) is 13.5 Å². The zero-order valence-corrected chi connectivity index (χ0v) is 11.5. The van der Waals surface area contributed by atoms with Gasteiger partial charge in [0.1, 0.15) is 11.6 Å². The van der Waals surface area contributed by atoms with Gasteiger partial charge in [-0.2, -0.15) is 0 Å². The smallest absolute Gasteiger partial charge is 0.410 e. The van der Waals surface area contributed by atoms with Gasteiger partial charge in [-0.3, -0.25) is 9.69 Å². The van der Waals surface area contributed by atoms with Gasteiger partial charge < -0.3 is 9.47 Å². The van der Waals surface area contributed by atoms with Crippen LogP contribution >= 0.6 is 0 Å². The molecule has 1 unspecified atom stereocenters. The van der Waals surface area contributed by atoms with Crippen molar-refractivity contribution in [2.45, 2.75) is 51.2 Å². The predicted molar refractivity (Wildman–Crippen MR) is 62.9 cm³/mol. The summed E-state index contributed by atoms with van der Waals surface area (Å²) in [5.74, 6) is -3.88. The van der Waals surface area contributed by atoms with Gasteiger partial charge in [-0.1, -0.05) is 0 Å². The van der Waals surface area contributed by atoms with E-state index in [0.29, 0.717) is 0 Å². The molecule has 0 N–H and O–H groups in total. The summed E-state index contributed by atoms with van der Waals surface area (Å²) in [7, 11) is 1.12. The summed E-state index contributed by atoms with van der Waals surface area (Å²) in [6.45, 7) is 4.81. The minimum atomic E-state index is -3.11. The van der Waals surface area contributed by atoms with Crippen LogP contribution in [0.3, 0.4) is 0 Å². The molecule has 7 heteroatoms. The summed E-state index contributed by atoms with van der Waals surface area (Å²) in [5.41, 5.74) is -0.773. The van der Waals surface area contributed by atoms with Gasteiger partial charge >= 0.3 is 12.1 Å². The van der Waals surface area contributed by atoms with Crippen LogP contribution in [0.25, 0.3) is 0 Å². The summed E-state index contributed by atoms with van der Waals surface area (Å²) in [5, 5.41) is 0. The largest absolute Gasteiger partial charge is 0.469 e. The summed E-state index contributed by atoms with van der Waals surface area (Å²) in [6.07, 6.45) is -1.85. The molecular weight excluding hydrogens is 260 g/mol. The second-order valence-electron chi connectivity index (χ2n) is 5.48. The molecule has 0 aromatic carbocycles.